The molecule has 0 atom stereocenters. The number of aromatic nitrogens is 4. The molecule has 2 aliphatic heterocycles. The van der Waals surface area contributed by atoms with Gasteiger partial charge in [0, 0.05) is 0 Å². The number of benzene rings is 4. The summed E-state index contributed by atoms with van der Waals surface area (Å²) in [5, 5.41) is 13.6. The van der Waals surface area contributed by atoms with Gasteiger partial charge in [0.25, 0.3) is 5.09 Å². The van der Waals surface area contributed by atoms with Crippen molar-refractivity contribution >= 4 is 46.4 Å². The van der Waals surface area contributed by atoms with Crippen LogP contribution in [0.2, 0.25) is 0 Å². The molecule has 9 rings (SSSR count). The fraction of sp³-hybridized carbons (Fsp3) is 0.214. The summed E-state index contributed by atoms with van der Waals surface area (Å²) in [5.41, 5.74) is 30.4. The van der Waals surface area contributed by atoms with E-state index in [0.717, 1.165) is 89.4 Å². The summed E-state index contributed by atoms with van der Waals surface area (Å²) in [6.45, 7) is 26.3. The van der Waals surface area contributed by atoms with Crippen LogP contribution >= 0.6 is 0 Å². The van der Waals surface area contributed by atoms with Crippen LogP contribution in [-0.2, 0) is 17.1 Å². The standard InChI is InChI=1S/C56H52N4.Fe.HNO3/c1-29-21-33(5)49(34(6)22-29)53-41-13-15-43(57-41)54(50-35(7)23-30(2)24-36(50)8)45-17-19-47(59-45)56(52-39(11)27-32(4)28-40(52)12)48-20-18-46(60-48)55(44-16-14-42(53)58-44)51-37(9)25-31(3)26-38(51)10;;2-1(3)4/h13-28H,1-12H3;;(H,2,3,4)/q-2;+2;. The Balaban J connectivity index is 0.00000121. The molecule has 3 aromatic heterocycles. The number of hydrogen-bond acceptors (Lipinski definition) is 4. The van der Waals surface area contributed by atoms with Crippen LogP contribution < -0.4 is 9.97 Å². The number of fused-ring (bicyclic) bond motifs is 8. The Kier molecular flexibility index (Phi) is 12.8. The second-order valence-electron chi connectivity index (χ2n) is 17.7. The predicted octanol–water partition coefficient (Wildman–Crippen LogP) is 13.9. The third-order valence-corrected chi connectivity index (χ3v) is 12.3. The average Bonchev–Trinajstić information content (AvgIpc) is 4.02. The van der Waals surface area contributed by atoms with Gasteiger partial charge in [0.2, 0.25) is 0 Å². The molecule has 0 aliphatic carbocycles. The molecule has 5 heterocycles. The van der Waals surface area contributed by atoms with Crippen LogP contribution in [0.25, 0.3) is 90.9 Å². The minimum Gasteiger partial charge on any atom is -0.657 e. The molecule has 1 N–H and O–H groups in total. The van der Waals surface area contributed by atoms with Gasteiger partial charge >= 0.3 is 17.1 Å². The molecule has 0 spiro atoms. The van der Waals surface area contributed by atoms with Gasteiger partial charge in [-0.1, -0.05) is 95.1 Å². The number of aryl methyl sites for hydroxylation is 12. The van der Waals surface area contributed by atoms with E-state index in [1.54, 1.807) is 0 Å². The summed E-state index contributed by atoms with van der Waals surface area (Å²) in [6, 6.07) is 26.9. The maximum Gasteiger partial charge on any atom is 2.00 e. The van der Waals surface area contributed by atoms with E-state index in [4.69, 9.17) is 35.3 Å². The molecule has 7 aromatic rings. The van der Waals surface area contributed by atoms with Crippen molar-refractivity contribution in [2.75, 3.05) is 0 Å². The van der Waals surface area contributed by atoms with Gasteiger partial charge in [-0.05, 0) is 196 Å². The first-order valence-corrected chi connectivity index (χ1v) is 21.6. The minimum atomic E-state index is -1.50. The number of rotatable bonds is 4. The summed E-state index contributed by atoms with van der Waals surface area (Å²) >= 11 is 0. The van der Waals surface area contributed by atoms with Crippen LogP contribution in [0, 0.1) is 93.2 Å². The van der Waals surface area contributed by atoms with Gasteiger partial charge < -0.3 is 15.2 Å². The van der Waals surface area contributed by atoms with Crippen molar-refractivity contribution in [3.63, 3.8) is 0 Å². The van der Waals surface area contributed by atoms with Crippen molar-refractivity contribution in [2.24, 2.45) is 0 Å². The van der Waals surface area contributed by atoms with E-state index < -0.39 is 5.09 Å². The van der Waals surface area contributed by atoms with Crippen molar-refractivity contribution in [3.05, 3.63) is 172 Å². The Morgan fingerprint density at radius 2 is 0.554 bits per heavy atom. The molecular formula is C56H53FeN5O3. The second kappa shape index (κ2) is 18.0. The summed E-state index contributed by atoms with van der Waals surface area (Å²) in [6.07, 6.45) is 8.72. The molecule has 0 unspecified atom stereocenters. The molecule has 9 heteroatoms. The van der Waals surface area contributed by atoms with Crippen LogP contribution in [0.4, 0.5) is 0 Å². The molecule has 4 aromatic carbocycles. The van der Waals surface area contributed by atoms with Gasteiger partial charge in [0.1, 0.15) is 0 Å². The first-order chi connectivity index (χ1) is 30.4. The van der Waals surface area contributed by atoms with Crippen molar-refractivity contribution < 1.29 is 27.4 Å². The van der Waals surface area contributed by atoms with E-state index in [-0.39, 0.29) is 17.1 Å². The van der Waals surface area contributed by atoms with E-state index in [1.165, 1.54) is 66.8 Å². The molecule has 328 valence electrons. The fourth-order valence-electron chi connectivity index (χ4n) is 10.4. The van der Waals surface area contributed by atoms with Crippen LogP contribution in [0.3, 0.4) is 0 Å². The van der Waals surface area contributed by atoms with Gasteiger partial charge in [-0.25, -0.2) is 9.97 Å². The van der Waals surface area contributed by atoms with Crippen LogP contribution in [0.1, 0.15) is 89.5 Å². The third kappa shape index (κ3) is 8.74. The quantitative estimate of drug-likeness (QED) is 0.106. The molecule has 0 radical (unpaired) electrons. The largest absolute Gasteiger partial charge is 2.00 e. The van der Waals surface area contributed by atoms with Crippen molar-refractivity contribution in [1.29, 1.82) is 0 Å². The van der Waals surface area contributed by atoms with E-state index in [1.807, 2.05) is 0 Å². The maximum atomic E-state index is 8.36. The molecule has 0 amide bonds. The van der Waals surface area contributed by atoms with Crippen molar-refractivity contribution in [1.82, 2.24) is 19.9 Å². The zero-order valence-electron chi connectivity index (χ0n) is 39.1. The number of nitrogens with zero attached hydrogens (tertiary/aromatic N) is 5. The maximum absolute atomic E-state index is 8.36. The second-order valence-corrected chi connectivity index (χ2v) is 17.7. The Morgan fingerprint density at radius 3 is 0.723 bits per heavy atom. The van der Waals surface area contributed by atoms with Gasteiger partial charge in [-0.15, -0.1) is 32.2 Å². The average molecular weight is 900 g/mol. The van der Waals surface area contributed by atoms with Crippen LogP contribution in [-0.4, -0.2) is 20.3 Å². The van der Waals surface area contributed by atoms with Gasteiger partial charge in [-0.3, -0.25) is 0 Å². The Hall–Kier alpha value is -6.80. The van der Waals surface area contributed by atoms with Gasteiger partial charge in [-0.2, -0.15) is 0 Å². The van der Waals surface area contributed by atoms with Crippen LogP contribution in [0.5, 0.6) is 0 Å². The summed E-state index contributed by atoms with van der Waals surface area (Å²) in [7, 11) is 0. The topological polar surface area (TPSA) is 117 Å². The molecule has 0 fully saturated rings. The van der Waals surface area contributed by atoms with Crippen molar-refractivity contribution in [2.45, 2.75) is 83.1 Å². The van der Waals surface area contributed by atoms with E-state index in [9.17, 15) is 0 Å². The molecule has 65 heavy (non-hydrogen) atoms. The normalized spacial score (nSPS) is 11.6. The zero-order chi connectivity index (χ0) is 45.9. The fourth-order valence-corrected chi connectivity index (χ4v) is 10.4. The van der Waals surface area contributed by atoms with Crippen LogP contribution in [0.15, 0.2) is 72.8 Å². The smallest absolute Gasteiger partial charge is 0.657 e. The molecule has 0 saturated carbocycles. The SMILES string of the molecule is Cc1cc(C)c(-c2c3nc(c(-c4c(C)cc(C)cc4C)c4ccc([n-]4)c(-c4c(C)cc(C)cc4C)c4nc(c(-c5c(C)cc(C)cc5C)c5ccc2[n-]5)C=C4)C=C3)c(C)c1.O=[N+]([O-])O.[Fe+2]. The summed E-state index contributed by atoms with van der Waals surface area (Å²) in [4.78, 5) is 30.7. The Bertz CT molecular complexity index is 2830. The Labute approximate surface area is 391 Å². The third-order valence-electron chi connectivity index (χ3n) is 12.3. The molecular weight excluding hydrogens is 846 g/mol. The van der Waals surface area contributed by atoms with Gasteiger partial charge in [0.05, 0.1) is 22.8 Å². The molecule has 8 nitrogen and oxygen atoms in total. The Morgan fingerprint density at radius 1 is 0.385 bits per heavy atom. The first-order valence-electron chi connectivity index (χ1n) is 21.6. The molecule has 0 saturated heterocycles. The van der Waals surface area contributed by atoms with E-state index in [0.29, 0.717) is 0 Å². The molecule has 8 bridgehead atoms. The van der Waals surface area contributed by atoms with Gasteiger partial charge in [0.15, 0.2) is 0 Å². The van der Waals surface area contributed by atoms with Crippen molar-refractivity contribution in [3.8, 4) is 44.5 Å². The van der Waals surface area contributed by atoms with E-state index in [2.05, 4.69) is 180 Å². The monoisotopic (exact) mass is 899 g/mol. The number of hydrogen-bond donors (Lipinski definition) is 1. The minimum absolute atomic E-state index is 0. The van der Waals surface area contributed by atoms with E-state index >= 15 is 0 Å². The predicted molar refractivity (Wildman–Crippen MR) is 264 cm³/mol. The zero-order valence-corrected chi connectivity index (χ0v) is 40.2. The summed E-state index contributed by atoms with van der Waals surface area (Å²) in [5.74, 6) is 0. The molecule has 2 aliphatic rings. The summed E-state index contributed by atoms with van der Waals surface area (Å²) < 4.78 is 0. The first kappa shape index (κ1) is 46.2.